The first-order valence-electron chi connectivity index (χ1n) is 9.80. The quantitative estimate of drug-likeness (QED) is 0.389. The van der Waals surface area contributed by atoms with Crippen molar-refractivity contribution in [3.05, 3.63) is 67.6 Å². The number of halogens is 4. The molecule has 0 saturated carbocycles. The van der Waals surface area contributed by atoms with Gasteiger partial charge in [-0.15, -0.1) is 11.8 Å². The molecule has 0 aliphatic heterocycles. The van der Waals surface area contributed by atoms with Gasteiger partial charge in [-0.2, -0.15) is 0 Å². The Balaban J connectivity index is 2.19. The lowest BCUT2D eigenvalue weighted by Gasteiger charge is -2.31. The number of carbonyl (C=O) groups is 2. The van der Waals surface area contributed by atoms with Crippen LogP contribution < -0.4 is 5.32 Å². The molecule has 0 bridgehead atoms. The summed E-state index contributed by atoms with van der Waals surface area (Å²) in [7, 11) is 0. The van der Waals surface area contributed by atoms with Gasteiger partial charge in [0.25, 0.3) is 0 Å². The van der Waals surface area contributed by atoms with Crippen LogP contribution in [0.2, 0.25) is 20.1 Å². The Morgan fingerprint density at radius 2 is 1.71 bits per heavy atom. The molecule has 0 aliphatic carbocycles. The molecule has 0 radical (unpaired) electrons. The van der Waals surface area contributed by atoms with Crippen LogP contribution in [-0.2, 0) is 21.9 Å². The monoisotopic (exact) mass is 520 g/mol. The van der Waals surface area contributed by atoms with Gasteiger partial charge >= 0.3 is 0 Å². The molecule has 2 aromatic rings. The van der Waals surface area contributed by atoms with E-state index in [0.717, 1.165) is 5.56 Å². The van der Waals surface area contributed by atoms with Crippen LogP contribution in [0.5, 0.6) is 0 Å². The molecule has 4 nitrogen and oxygen atoms in total. The Labute approximate surface area is 207 Å². The van der Waals surface area contributed by atoms with Crippen molar-refractivity contribution in [2.45, 2.75) is 38.6 Å². The average molecular weight is 522 g/mol. The van der Waals surface area contributed by atoms with Gasteiger partial charge in [-0.3, -0.25) is 9.59 Å². The number of benzene rings is 2. The van der Waals surface area contributed by atoms with E-state index in [-0.39, 0.29) is 24.1 Å². The second-order valence-corrected chi connectivity index (χ2v) is 9.41. The summed E-state index contributed by atoms with van der Waals surface area (Å²) in [6.07, 6.45) is 0.466. The van der Waals surface area contributed by atoms with E-state index in [1.807, 2.05) is 19.9 Å². The first kappa shape index (κ1) is 26.1. The molecule has 31 heavy (non-hydrogen) atoms. The van der Waals surface area contributed by atoms with E-state index in [4.69, 9.17) is 46.4 Å². The summed E-state index contributed by atoms with van der Waals surface area (Å²) in [4.78, 5) is 27.4. The molecule has 1 atom stereocenters. The lowest BCUT2D eigenvalue weighted by molar-refractivity contribution is -0.139. The fourth-order valence-corrected chi connectivity index (χ4v) is 5.02. The van der Waals surface area contributed by atoms with Gasteiger partial charge in [0, 0.05) is 44.5 Å². The summed E-state index contributed by atoms with van der Waals surface area (Å²) in [5.74, 6) is 0.341. The molecule has 0 heterocycles. The molecule has 0 aromatic heterocycles. The van der Waals surface area contributed by atoms with E-state index in [1.165, 1.54) is 11.8 Å². The Bertz CT molecular complexity index is 906. The molecular weight excluding hydrogens is 498 g/mol. The van der Waals surface area contributed by atoms with Crippen molar-refractivity contribution in [3.63, 3.8) is 0 Å². The average Bonchev–Trinajstić information content (AvgIpc) is 2.71. The maximum Gasteiger partial charge on any atom is 0.242 e. The third kappa shape index (κ3) is 7.47. The molecule has 0 fully saturated rings. The van der Waals surface area contributed by atoms with Crippen LogP contribution in [-0.4, -0.2) is 35.1 Å². The standard InChI is InChI=1S/C22H24Cl4N2O2S/c1-3-20(22(30)27-4-2)28(11-16-17(24)6-5-7-18(16)25)21(29)13-31-12-14-8-9-15(23)10-19(14)26/h5-10,20H,3-4,11-13H2,1-2H3,(H,27,30)/t20-/m0/s1. The van der Waals surface area contributed by atoms with Crippen LogP contribution in [0.25, 0.3) is 0 Å². The third-order valence-corrected chi connectivity index (χ3v) is 6.89. The second-order valence-electron chi connectivity index (χ2n) is 6.77. The molecule has 2 rings (SSSR count). The minimum Gasteiger partial charge on any atom is -0.355 e. The van der Waals surface area contributed by atoms with Crippen LogP contribution in [0.4, 0.5) is 0 Å². The Hall–Kier alpha value is -1.11. The number of hydrogen-bond acceptors (Lipinski definition) is 3. The molecule has 0 spiro atoms. The number of rotatable bonds is 10. The highest BCUT2D eigenvalue weighted by Crippen LogP contribution is 2.28. The lowest BCUT2D eigenvalue weighted by Crippen LogP contribution is -2.49. The highest BCUT2D eigenvalue weighted by molar-refractivity contribution is 7.99. The largest absolute Gasteiger partial charge is 0.355 e. The Morgan fingerprint density at radius 3 is 2.29 bits per heavy atom. The zero-order valence-corrected chi connectivity index (χ0v) is 21.1. The number of nitrogens with one attached hydrogen (secondary N) is 1. The minimum absolute atomic E-state index is 0.148. The van der Waals surface area contributed by atoms with Crippen LogP contribution in [0.1, 0.15) is 31.4 Å². The topological polar surface area (TPSA) is 49.4 Å². The SMILES string of the molecule is CCNC(=O)[C@H](CC)N(Cc1c(Cl)cccc1Cl)C(=O)CSCc1ccc(Cl)cc1Cl. The van der Waals surface area contributed by atoms with Gasteiger partial charge in [-0.05, 0) is 43.2 Å². The van der Waals surface area contributed by atoms with E-state index < -0.39 is 6.04 Å². The van der Waals surface area contributed by atoms with Gasteiger partial charge in [0.2, 0.25) is 11.8 Å². The third-order valence-electron chi connectivity index (χ3n) is 4.63. The first-order chi connectivity index (χ1) is 14.8. The predicted octanol–water partition coefficient (Wildman–Crippen LogP) is 6.48. The Morgan fingerprint density at radius 1 is 1.03 bits per heavy atom. The zero-order chi connectivity index (χ0) is 23.0. The lowest BCUT2D eigenvalue weighted by atomic mass is 10.1. The van der Waals surface area contributed by atoms with Crippen molar-refractivity contribution >= 4 is 70.0 Å². The highest BCUT2D eigenvalue weighted by Gasteiger charge is 2.29. The molecule has 2 aromatic carbocycles. The predicted molar refractivity (Wildman–Crippen MR) is 132 cm³/mol. The normalized spacial score (nSPS) is 11.8. The summed E-state index contributed by atoms with van der Waals surface area (Å²) in [5, 5.41) is 4.83. The smallest absolute Gasteiger partial charge is 0.242 e. The van der Waals surface area contributed by atoms with Gasteiger partial charge in [0.1, 0.15) is 6.04 Å². The van der Waals surface area contributed by atoms with Crippen LogP contribution in [0.3, 0.4) is 0 Å². The van der Waals surface area contributed by atoms with Gasteiger partial charge in [0.05, 0.1) is 5.75 Å². The maximum atomic E-state index is 13.2. The number of likely N-dealkylation sites (N-methyl/N-ethyl adjacent to an activating group) is 1. The molecule has 0 saturated heterocycles. The van der Waals surface area contributed by atoms with E-state index in [0.29, 0.717) is 44.4 Å². The molecule has 0 aliphatic rings. The van der Waals surface area contributed by atoms with Crippen LogP contribution in [0.15, 0.2) is 36.4 Å². The number of amides is 2. The van der Waals surface area contributed by atoms with Crippen molar-refractivity contribution in [3.8, 4) is 0 Å². The maximum absolute atomic E-state index is 13.2. The van der Waals surface area contributed by atoms with Crippen molar-refractivity contribution in [2.75, 3.05) is 12.3 Å². The molecule has 1 N–H and O–H groups in total. The summed E-state index contributed by atoms with van der Waals surface area (Å²) >= 11 is 26.2. The number of hydrogen-bond donors (Lipinski definition) is 1. The molecular formula is C22H24Cl4N2O2S. The summed E-state index contributed by atoms with van der Waals surface area (Å²) in [6, 6.07) is 9.83. The van der Waals surface area contributed by atoms with Crippen LogP contribution >= 0.6 is 58.2 Å². The van der Waals surface area contributed by atoms with E-state index in [9.17, 15) is 9.59 Å². The van der Waals surface area contributed by atoms with Crippen molar-refractivity contribution < 1.29 is 9.59 Å². The number of nitrogens with zero attached hydrogens (tertiary/aromatic N) is 1. The second kappa shape index (κ2) is 12.8. The van der Waals surface area contributed by atoms with Gasteiger partial charge in [0.15, 0.2) is 0 Å². The van der Waals surface area contributed by atoms with Gasteiger partial charge in [-0.25, -0.2) is 0 Å². The molecule has 168 valence electrons. The molecule has 2 amide bonds. The van der Waals surface area contributed by atoms with E-state index in [1.54, 1.807) is 35.2 Å². The minimum atomic E-state index is -0.625. The van der Waals surface area contributed by atoms with Gasteiger partial charge < -0.3 is 10.2 Å². The number of carbonyl (C=O) groups excluding carboxylic acids is 2. The van der Waals surface area contributed by atoms with Crippen molar-refractivity contribution in [1.82, 2.24) is 10.2 Å². The fraction of sp³-hybridized carbons (Fsp3) is 0.364. The summed E-state index contributed by atoms with van der Waals surface area (Å²) in [6.45, 7) is 4.34. The zero-order valence-electron chi connectivity index (χ0n) is 17.3. The molecule has 0 unspecified atom stereocenters. The Kier molecular flexibility index (Phi) is 10.8. The fourth-order valence-electron chi connectivity index (χ4n) is 3.04. The van der Waals surface area contributed by atoms with Crippen molar-refractivity contribution in [2.24, 2.45) is 0 Å². The van der Waals surface area contributed by atoms with Crippen LogP contribution in [0, 0.1) is 0 Å². The molecule has 9 heteroatoms. The first-order valence-corrected chi connectivity index (χ1v) is 12.5. The van der Waals surface area contributed by atoms with Crippen molar-refractivity contribution in [1.29, 1.82) is 0 Å². The summed E-state index contributed by atoms with van der Waals surface area (Å²) in [5.41, 5.74) is 1.51. The summed E-state index contributed by atoms with van der Waals surface area (Å²) < 4.78 is 0. The van der Waals surface area contributed by atoms with E-state index in [2.05, 4.69) is 5.32 Å². The number of thioether (sulfide) groups is 1. The van der Waals surface area contributed by atoms with Gasteiger partial charge in [-0.1, -0.05) is 65.5 Å². The highest BCUT2D eigenvalue weighted by atomic mass is 35.5. The van der Waals surface area contributed by atoms with E-state index >= 15 is 0 Å².